The average molecular weight is 268 g/mol. The van der Waals surface area contributed by atoms with Gasteiger partial charge in [-0.25, -0.2) is 4.98 Å². The molecule has 1 aromatic rings. The maximum atomic E-state index is 11.7. The van der Waals surface area contributed by atoms with Crippen LogP contribution in [-0.4, -0.2) is 32.9 Å². The van der Waals surface area contributed by atoms with E-state index in [0.717, 1.165) is 18.7 Å². The van der Waals surface area contributed by atoms with Crippen LogP contribution in [0.3, 0.4) is 0 Å². The van der Waals surface area contributed by atoms with Crippen molar-refractivity contribution in [3.05, 3.63) is 5.82 Å². The lowest BCUT2D eigenvalue weighted by atomic mass is 10.2. The molecule has 2 rings (SSSR count). The molecule has 1 saturated carbocycles. The molecule has 1 aliphatic carbocycles. The first kappa shape index (κ1) is 13.4. The van der Waals surface area contributed by atoms with Crippen LogP contribution in [0.25, 0.3) is 0 Å². The van der Waals surface area contributed by atoms with Gasteiger partial charge in [0.2, 0.25) is 11.1 Å². The van der Waals surface area contributed by atoms with Crippen LogP contribution in [0, 0.1) is 0 Å². The summed E-state index contributed by atoms with van der Waals surface area (Å²) in [7, 11) is 0. The first-order valence-electron chi connectivity index (χ1n) is 6.49. The van der Waals surface area contributed by atoms with Crippen LogP contribution in [0.2, 0.25) is 0 Å². The van der Waals surface area contributed by atoms with Gasteiger partial charge < -0.3 is 5.32 Å². The van der Waals surface area contributed by atoms with E-state index in [1.54, 1.807) is 0 Å². The number of rotatable bonds is 5. The van der Waals surface area contributed by atoms with Gasteiger partial charge in [0, 0.05) is 12.0 Å². The van der Waals surface area contributed by atoms with Gasteiger partial charge in [-0.2, -0.15) is 0 Å². The lowest BCUT2D eigenvalue weighted by Gasteiger charge is -2.10. The van der Waals surface area contributed by atoms with Crippen LogP contribution < -0.4 is 5.32 Å². The van der Waals surface area contributed by atoms with Crippen molar-refractivity contribution in [1.29, 1.82) is 0 Å². The van der Waals surface area contributed by atoms with E-state index >= 15 is 0 Å². The van der Waals surface area contributed by atoms with Gasteiger partial charge in [0.05, 0.1) is 5.75 Å². The lowest BCUT2D eigenvalue weighted by Crippen LogP contribution is -2.33. The van der Waals surface area contributed by atoms with Crippen LogP contribution in [0.5, 0.6) is 0 Å². The Kier molecular flexibility index (Phi) is 4.63. The third-order valence-electron chi connectivity index (χ3n) is 3.08. The molecule has 0 aliphatic heterocycles. The summed E-state index contributed by atoms with van der Waals surface area (Å²) in [5.41, 5.74) is 0. The standard InChI is InChI=1S/C12H20N4OS/c1-8(2)11-14-12(16-15-11)18-7-10(17)13-9-5-3-4-6-9/h8-9H,3-7H2,1-2H3,(H,13,17)(H,14,15,16). The number of hydrogen-bond acceptors (Lipinski definition) is 4. The summed E-state index contributed by atoms with van der Waals surface area (Å²) >= 11 is 1.38. The average Bonchev–Trinajstić information content (AvgIpc) is 2.96. The fraction of sp³-hybridized carbons (Fsp3) is 0.750. The Morgan fingerprint density at radius 2 is 2.22 bits per heavy atom. The van der Waals surface area contributed by atoms with E-state index in [9.17, 15) is 4.79 Å². The summed E-state index contributed by atoms with van der Waals surface area (Å²) in [6.45, 7) is 4.11. The molecule has 0 spiro atoms. The van der Waals surface area contributed by atoms with Gasteiger partial charge in [-0.05, 0) is 12.8 Å². The van der Waals surface area contributed by atoms with Gasteiger partial charge in [0.25, 0.3) is 0 Å². The molecule has 1 fully saturated rings. The molecule has 100 valence electrons. The second-order valence-electron chi connectivity index (χ2n) is 5.00. The Morgan fingerprint density at radius 3 is 2.83 bits per heavy atom. The van der Waals surface area contributed by atoms with Crippen LogP contribution in [0.15, 0.2) is 5.16 Å². The summed E-state index contributed by atoms with van der Waals surface area (Å²) in [5, 5.41) is 10.7. The summed E-state index contributed by atoms with van der Waals surface area (Å²) in [4.78, 5) is 16.0. The number of aromatic amines is 1. The van der Waals surface area contributed by atoms with Gasteiger partial charge in [-0.15, -0.1) is 5.10 Å². The second-order valence-corrected chi connectivity index (χ2v) is 5.94. The molecule has 0 radical (unpaired) electrons. The van der Waals surface area contributed by atoms with Crippen molar-refractivity contribution in [1.82, 2.24) is 20.5 Å². The van der Waals surface area contributed by atoms with Gasteiger partial charge in [0.15, 0.2) is 0 Å². The number of carbonyl (C=O) groups is 1. The molecular formula is C12H20N4OS. The number of thioether (sulfide) groups is 1. The lowest BCUT2D eigenvalue weighted by molar-refractivity contribution is -0.119. The number of hydrogen-bond donors (Lipinski definition) is 2. The van der Waals surface area contributed by atoms with Gasteiger partial charge in [-0.1, -0.05) is 38.5 Å². The molecule has 18 heavy (non-hydrogen) atoms. The van der Waals surface area contributed by atoms with E-state index in [2.05, 4.69) is 34.3 Å². The fourth-order valence-corrected chi connectivity index (χ4v) is 2.67. The molecule has 0 unspecified atom stereocenters. The zero-order chi connectivity index (χ0) is 13.0. The van der Waals surface area contributed by atoms with E-state index < -0.39 is 0 Å². The molecule has 0 aromatic carbocycles. The highest BCUT2D eigenvalue weighted by Crippen LogP contribution is 2.19. The van der Waals surface area contributed by atoms with Gasteiger partial charge in [0.1, 0.15) is 5.82 Å². The molecule has 0 saturated heterocycles. The van der Waals surface area contributed by atoms with E-state index in [1.165, 1.54) is 24.6 Å². The summed E-state index contributed by atoms with van der Waals surface area (Å²) in [6.07, 6.45) is 4.70. The molecule has 0 atom stereocenters. The Balaban J connectivity index is 1.74. The quantitative estimate of drug-likeness (QED) is 0.802. The number of H-pyrrole nitrogens is 1. The number of carbonyl (C=O) groups excluding carboxylic acids is 1. The Morgan fingerprint density at radius 1 is 1.50 bits per heavy atom. The minimum Gasteiger partial charge on any atom is -0.353 e. The first-order chi connectivity index (χ1) is 8.65. The van der Waals surface area contributed by atoms with Crippen molar-refractivity contribution in [3.8, 4) is 0 Å². The van der Waals surface area contributed by atoms with Crippen LogP contribution in [0.4, 0.5) is 0 Å². The molecule has 1 heterocycles. The highest BCUT2D eigenvalue weighted by molar-refractivity contribution is 7.99. The van der Waals surface area contributed by atoms with E-state index in [4.69, 9.17) is 0 Å². The first-order valence-corrected chi connectivity index (χ1v) is 7.48. The molecule has 0 bridgehead atoms. The molecule has 1 amide bonds. The van der Waals surface area contributed by atoms with E-state index in [1.807, 2.05) is 0 Å². The van der Waals surface area contributed by atoms with Crippen molar-refractivity contribution < 1.29 is 4.79 Å². The van der Waals surface area contributed by atoms with Crippen molar-refractivity contribution >= 4 is 17.7 Å². The molecular weight excluding hydrogens is 248 g/mol. The van der Waals surface area contributed by atoms with Crippen molar-refractivity contribution in [2.24, 2.45) is 0 Å². The number of nitrogens with one attached hydrogen (secondary N) is 2. The summed E-state index contributed by atoms with van der Waals surface area (Å²) in [6, 6.07) is 0.386. The number of nitrogens with zero attached hydrogens (tertiary/aromatic N) is 2. The highest BCUT2D eigenvalue weighted by atomic mass is 32.2. The molecule has 2 N–H and O–H groups in total. The Hall–Kier alpha value is -1.04. The van der Waals surface area contributed by atoms with Crippen LogP contribution in [-0.2, 0) is 4.79 Å². The predicted octanol–water partition coefficient (Wildman–Crippen LogP) is 2.08. The van der Waals surface area contributed by atoms with Crippen molar-refractivity contribution in [2.75, 3.05) is 5.75 Å². The molecule has 1 aromatic heterocycles. The highest BCUT2D eigenvalue weighted by Gasteiger charge is 2.17. The van der Waals surface area contributed by atoms with Crippen molar-refractivity contribution in [3.63, 3.8) is 0 Å². The van der Waals surface area contributed by atoms with Gasteiger partial charge >= 0.3 is 0 Å². The zero-order valence-corrected chi connectivity index (χ0v) is 11.7. The predicted molar refractivity (Wildman–Crippen MR) is 71.6 cm³/mol. The molecule has 1 aliphatic rings. The monoisotopic (exact) mass is 268 g/mol. The normalized spacial score (nSPS) is 16.4. The SMILES string of the molecule is CC(C)c1nc(SCC(=O)NC2CCCC2)n[nH]1. The summed E-state index contributed by atoms with van der Waals surface area (Å²) < 4.78 is 0. The Labute approximate surface area is 112 Å². The van der Waals surface area contributed by atoms with Crippen molar-refractivity contribution in [2.45, 2.75) is 56.6 Å². The number of aromatic nitrogens is 3. The Bertz CT molecular complexity index is 399. The minimum atomic E-state index is 0.0859. The van der Waals surface area contributed by atoms with E-state index in [-0.39, 0.29) is 5.91 Å². The second kappa shape index (κ2) is 6.22. The largest absolute Gasteiger partial charge is 0.353 e. The minimum absolute atomic E-state index is 0.0859. The maximum absolute atomic E-state index is 11.7. The molecule has 5 nitrogen and oxygen atoms in total. The zero-order valence-electron chi connectivity index (χ0n) is 10.9. The third-order valence-corrected chi connectivity index (χ3v) is 3.93. The third kappa shape index (κ3) is 3.73. The topological polar surface area (TPSA) is 70.7 Å². The fourth-order valence-electron chi connectivity index (χ4n) is 2.05. The smallest absolute Gasteiger partial charge is 0.230 e. The molecule has 6 heteroatoms. The van der Waals surface area contributed by atoms with E-state index in [0.29, 0.717) is 22.9 Å². The summed E-state index contributed by atoms with van der Waals surface area (Å²) in [5.74, 6) is 1.68. The van der Waals surface area contributed by atoms with Gasteiger partial charge in [-0.3, -0.25) is 9.89 Å². The maximum Gasteiger partial charge on any atom is 0.230 e. The van der Waals surface area contributed by atoms with Crippen LogP contribution >= 0.6 is 11.8 Å². The van der Waals surface area contributed by atoms with Crippen LogP contribution in [0.1, 0.15) is 51.3 Å². The number of amides is 1.